The first-order chi connectivity index (χ1) is 13.5. The molecule has 0 saturated carbocycles. The van der Waals surface area contributed by atoms with E-state index in [1.54, 1.807) is 6.07 Å². The zero-order chi connectivity index (χ0) is 19.7. The molecule has 0 amide bonds. The molecule has 1 aromatic heterocycles. The van der Waals surface area contributed by atoms with Gasteiger partial charge in [0.2, 0.25) is 0 Å². The molecule has 0 bridgehead atoms. The number of aryl methyl sites for hydroxylation is 1. The van der Waals surface area contributed by atoms with Crippen LogP contribution in [0.2, 0.25) is 0 Å². The molecule has 144 valence electrons. The molecule has 2 aromatic carbocycles. The van der Waals surface area contributed by atoms with Gasteiger partial charge in [0, 0.05) is 43.7 Å². The molecule has 1 aliphatic heterocycles. The Morgan fingerprint density at radius 2 is 1.93 bits per heavy atom. The molecule has 2 heterocycles. The van der Waals surface area contributed by atoms with Crippen LogP contribution in [0.5, 0.6) is 5.75 Å². The third-order valence-electron chi connectivity index (χ3n) is 4.81. The minimum absolute atomic E-state index is 0.149. The number of fused-ring (bicyclic) bond motifs is 1. The summed E-state index contributed by atoms with van der Waals surface area (Å²) in [6, 6.07) is 15.2. The number of nitrogens with zero attached hydrogens (tertiary/aromatic N) is 2. The van der Waals surface area contributed by atoms with E-state index < -0.39 is 0 Å². The Morgan fingerprint density at radius 3 is 2.68 bits per heavy atom. The number of benzene rings is 2. The van der Waals surface area contributed by atoms with Crippen LogP contribution < -0.4 is 15.3 Å². The predicted molar refractivity (Wildman–Crippen MR) is 110 cm³/mol. The van der Waals surface area contributed by atoms with Gasteiger partial charge in [0.15, 0.2) is 6.10 Å². The Morgan fingerprint density at radius 1 is 1.14 bits per heavy atom. The highest BCUT2D eigenvalue weighted by Crippen LogP contribution is 2.24. The van der Waals surface area contributed by atoms with E-state index in [1.807, 2.05) is 33.2 Å². The van der Waals surface area contributed by atoms with Crippen LogP contribution in [0, 0.1) is 6.92 Å². The second-order valence-electron chi connectivity index (χ2n) is 7.13. The maximum atomic E-state index is 11.6. The maximum absolute atomic E-state index is 11.6. The van der Waals surface area contributed by atoms with Crippen LogP contribution in [0.3, 0.4) is 0 Å². The predicted octanol–water partition coefficient (Wildman–Crippen LogP) is 3.74. The normalized spacial score (nSPS) is 16.0. The Labute approximate surface area is 163 Å². The molecule has 0 unspecified atom stereocenters. The molecule has 0 saturated heterocycles. The van der Waals surface area contributed by atoms with E-state index in [1.165, 1.54) is 6.07 Å². The van der Waals surface area contributed by atoms with Gasteiger partial charge >= 0.3 is 5.63 Å². The molecule has 6 heteroatoms. The lowest BCUT2D eigenvalue weighted by atomic mass is 10.0. The molecule has 4 rings (SSSR count). The minimum atomic E-state index is -0.361. The van der Waals surface area contributed by atoms with Crippen LogP contribution >= 0.6 is 0 Å². The molecule has 1 atom stereocenters. The maximum Gasteiger partial charge on any atom is 0.336 e. The van der Waals surface area contributed by atoms with Crippen LogP contribution in [-0.4, -0.2) is 32.5 Å². The monoisotopic (exact) mass is 378 g/mol. The molecule has 0 fully saturated rings. The van der Waals surface area contributed by atoms with Gasteiger partial charge in [0.25, 0.3) is 0 Å². The first-order valence-electron chi connectivity index (χ1n) is 9.17. The number of rotatable bonds is 5. The lowest BCUT2D eigenvalue weighted by Crippen LogP contribution is -2.18. The summed E-state index contributed by atoms with van der Waals surface area (Å²) in [5.74, 6) is 0.633. The number of anilines is 1. The third kappa shape index (κ3) is 3.71. The Kier molecular flexibility index (Phi) is 4.77. The second-order valence-corrected chi connectivity index (χ2v) is 7.13. The van der Waals surface area contributed by atoms with Crippen molar-refractivity contribution in [1.29, 1.82) is 0 Å². The lowest BCUT2D eigenvalue weighted by molar-refractivity contribution is 0.0471. The van der Waals surface area contributed by atoms with Gasteiger partial charge in [-0.3, -0.25) is 0 Å². The number of oxime groups is 1. The summed E-state index contributed by atoms with van der Waals surface area (Å²) in [5, 5.41) is 5.11. The van der Waals surface area contributed by atoms with Crippen molar-refractivity contribution in [3.05, 3.63) is 70.1 Å². The molecular formula is C22H22N2O4. The largest absolute Gasteiger partial charge is 0.489 e. The Bertz CT molecular complexity index is 1080. The molecule has 6 nitrogen and oxygen atoms in total. The van der Waals surface area contributed by atoms with Gasteiger partial charge in [-0.2, -0.15) is 0 Å². The summed E-state index contributed by atoms with van der Waals surface area (Å²) in [5.41, 5.74) is 4.15. The van der Waals surface area contributed by atoms with Gasteiger partial charge in [-0.25, -0.2) is 4.79 Å². The number of hydrogen-bond acceptors (Lipinski definition) is 6. The zero-order valence-electron chi connectivity index (χ0n) is 16.1. The quantitative estimate of drug-likeness (QED) is 0.633. The van der Waals surface area contributed by atoms with Gasteiger partial charge < -0.3 is 18.9 Å². The van der Waals surface area contributed by atoms with E-state index in [0.717, 1.165) is 27.9 Å². The standard InChI is InChI=1S/C22H22N2O4/c1-14-10-22(25)27-21-12-17(8-9-19(14)21)26-13-18-11-20(23-28-18)15-4-6-16(7-5-15)24(2)3/h4-10,12,18H,11,13H2,1-3H3/t18-/m1/s1. The van der Waals surface area contributed by atoms with Crippen LogP contribution in [0.25, 0.3) is 11.0 Å². The van der Waals surface area contributed by atoms with Crippen molar-refractivity contribution in [2.24, 2.45) is 5.16 Å². The van der Waals surface area contributed by atoms with Crippen molar-refractivity contribution in [2.75, 3.05) is 25.6 Å². The first kappa shape index (κ1) is 18.1. The van der Waals surface area contributed by atoms with E-state index in [4.69, 9.17) is 14.0 Å². The average molecular weight is 378 g/mol. The molecule has 0 radical (unpaired) electrons. The molecule has 28 heavy (non-hydrogen) atoms. The third-order valence-corrected chi connectivity index (χ3v) is 4.81. The van der Waals surface area contributed by atoms with E-state index in [2.05, 4.69) is 34.3 Å². The van der Waals surface area contributed by atoms with Gasteiger partial charge in [-0.15, -0.1) is 0 Å². The van der Waals surface area contributed by atoms with Gasteiger partial charge in [0.05, 0.1) is 5.71 Å². The fraction of sp³-hybridized carbons (Fsp3) is 0.273. The summed E-state index contributed by atoms with van der Waals surface area (Å²) >= 11 is 0. The van der Waals surface area contributed by atoms with Gasteiger partial charge in [-0.1, -0.05) is 17.3 Å². The lowest BCUT2D eigenvalue weighted by Gasteiger charge is -2.12. The van der Waals surface area contributed by atoms with Gasteiger partial charge in [-0.05, 0) is 42.3 Å². The van der Waals surface area contributed by atoms with Crippen molar-refractivity contribution in [3.63, 3.8) is 0 Å². The van der Waals surface area contributed by atoms with E-state index in [9.17, 15) is 4.79 Å². The first-order valence-corrected chi connectivity index (χ1v) is 9.17. The topological polar surface area (TPSA) is 64.3 Å². The number of hydrogen-bond donors (Lipinski definition) is 0. The minimum Gasteiger partial charge on any atom is -0.489 e. The molecular weight excluding hydrogens is 356 g/mol. The van der Waals surface area contributed by atoms with Crippen LogP contribution in [0.4, 0.5) is 5.69 Å². The average Bonchev–Trinajstić information content (AvgIpc) is 3.15. The van der Waals surface area contributed by atoms with Gasteiger partial charge in [0.1, 0.15) is 17.9 Å². The van der Waals surface area contributed by atoms with E-state index >= 15 is 0 Å². The van der Waals surface area contributed by atoms with Crippen LogP contribution in [0.1, 0.15) is 17.5 Å². The van der Waals surface area contributed by atoms with Crippen molar-refractivity contribution in [1.82, 2.24) is 0 Å². The highest BCUT2D eigenvalue weighted by Gasteiger charge is 2.23. The SMILES string of the molecule is Cc1cc(=O)oc2cc(OC[C@H]3CC(c4ccc(N(C)C)cc4)=NO3)ccc12. The molecule has 0 aliphatic carbocycles. The molecule has 0 spiro atoms. The Hall–Kier alpha value is -3.28. The molecule has 1 aliphatic rings. The summed E-state index contributed by atoms with van der Waals surface area (Å²) in [6.45, 7) is 2.25. The smallest absolute Gasteiger partial charge is 0.336 e. The highest BCUT2D eigenvalue weighted by molar-refractivity contribution is 6.01. The van der Waals surface area contributed by atoms with Crippen LogP contribution in [0.15, 0.2) is 62.9 Å². The van der Waals surface area contributed by atoms with E-state index in [-0.39, 0.29) is 11.7 Å². The molecule has 3 aromatic rings. The molecule has 0 N–H and O–H groups in total. The number of ether oxygens (including phenoxy) is 1. The highest BCUT2D eigenvalue weighted by atomic mass is 16.7. The van der Waals surface area contributed by atoms with E-state index in [0.29, 0.717) is 24.4 Å². The Balaban J connectivity index is 1.39. The van der Waals surface area contributed by atoms with Crippen molar-refractivity contribution >= 4 is 22.4 Å². The zero-order valence-corrected chi connectivity index (χ0v) is 16.1. The van der Waals surface area contributed by atoms with Crippen molar-refractivity contribution in [2.45, 2.75) is 19.4 Å². The fourth-order valence-electron chi connectivity index (χ4n) is 3.22. The van der Waals surface area contributed by atoms with Crippen LogP contribution in [-0.2, 0) is 4.84 Å². The summed E-state index contributed by atoms with van der Waals surface area (Å²) < 4.78 is 11.1. The summed E-state index contributed by atoms with van der Waals surface area (Å²) in [6.07, 6.45) is 0.534. The summed E-state index contributed by atoms with van der Waals surface area (Å²) in [4.78, 5) is 19.1. The second kappa shape index (κ2) is 7.38. The van der Waals surface area contributed by atoms with Crippen molar-refractivity contribution < 1.29 is 14.0 Å². The van der Waals surface area contributed by atoms with Crippen molar-refractivity contribution in [3.8, 4) is 5.75 Å². The summed E-state index contributed by atoms with van der Waals surface area (Å²) in [7, 11) is 4.02. The fourth-order valence-corrected chi connectivity index (χ4v) is 3.22.